The van der Waals surface area contributed by atoms with Crippen LogP contribution in [0.3, 0.4) is 0 Å². The van der Waals surface area contributed by atoms with Crippen LogP contribution >= 0.6 is 22.6 Å². The Morgan fingerprint density at radius 3 is 2.41 bits per heavy atom. The molecule has 1 fully saturated rings. The second kappa shape index (κ2) is 9.63. The van der Waals surface area contributed by atoms with Crippen molar-refractivity contribution in [3.63, 3.8) is 0 Å². The predicted molar refractivity (Wildman–Crippen MR) is 132 cm³/mol. The first kappa shape index (κ1) is 25.2. The molecule has 2 atom stereocenters. The molecule has 0 spiro atoms. The van der Waals surface area contributed by atoms with Crippen LogP contribution in [0.15, 0.2) is 54.4 Å². The molecule has 0 aromatic heterocycles. The molecule has 0 N–H and O–H groups in total. The van der Waals surface area contributed by atoms with Gasteiger partial charge in [0.25, 0.3) is 0 Å². The summed E-state index contributed by atoms with van der Waals surface area (Å²) in [5.74, 6) is -1.59. The molecule has 2 unspecified atom stereocenters. The lowest BCUT2D eigenvalue weighted by atomic mass is 9.80. The van der Waals surface area contributed by atoms with Crippen LogP contribution in [0.5, 0.6) is 5.75 Å². The van der Waals surface area contributed by atoms with Gasteiger partial charge in [-0.25, -0.2) is 13.2 Å². The van der Waals surface area contributed by atoms with Crippen molar-refractivity contribution < 1.29 is 26.7 Å². The summed E-state index contributed by atoms with van der Waals surface area (Å²) < 4.78 is 80.7. The number of hydrogen-bond acceptors (Lipinski definition) is 1. The normalized spacial score (nSPS) is 23.2. The highest BCUT2D eigenvalue weighted by Crippen LogP contribution is 2.50. The predicted octanol–water partition coefficient (Wildman–Crippen LogP) is 8.92. The summed E-state index contributed by atoms with van der Waals surface area (Å²) >= 11 is 1.72. The molecule has 0 amide bonds. The highest BCUT2D eigenvalue weighted by Gasteiger charge is 2.59. The lowest BCUT2D eigenvalue weighted by Crippen LogP contribution is -2.49. The molecule has 0 bridgehead atoms. The highest BCUT2D eigenvalue weighted by molar-refractivity contribution is 14.1. The number of ether oxygens (including phenoxy) is 1. The van der Waals surface area contributed by atoms with Gasteiger partial charge in [0.1, 0.15) is 29.0 Å². The molecular formula is C27H26F5IO. The molecule has 2 aliphatic carbocycles. The number of rotatable bonds is 7. The third-order valence-electron chi connectivity index (χ3n) is 6.57. The molecule has 0 heterocycles. The highest BCUT2D eigenvalue weighted by atomic mass is 127. The average molecular weight is 588 g/mol. The number of aryl methyl sites for hydroxylation is 1. The van der Waals surface area contributed by atoms with E-state index in [1.54, 1.807) is 34.7 Å². The fraction of sp³-hybridized carbons (Fsp3) is 0.407. The van der Waals surface area contributed by atoms with Crippen molar-refractivity contribution in [3.05, 3.63) is 80.5 Å². The van der Waals surface area contributed by atoms with Crippen molar-refractivity contribution in [1.82, 2.24) is 0 Å². The number of allylic oxidation sites excluding steroid dienone is 4. The van der Waals surface area contributed by atoms with Crippen molar-refractivity contribution >= 4 is 28.2 Å². The van der Waals surface area contributed by atoms with Gasteiger partial charge in [0.15, 0.2) is 0 Å². The van der Waals surface area contributed by atoms with E-state index >= 15 is 13.2 Å². The lowest BCUT2D eigenvalue weighted by Gasteiger charge is -2.37. The van der Waals surface area contributed by atoms with Crippen LogP contribution in [0.2, 0.25) is 0 Å². The first-order valence-corrected chi connectivity index (χ1v) is 12.5. The Hall–Kier alpha value is -1.90. The summed E-state index contributed by atoms with van der Waals surface area (Å²) in [6, 6.07) is 9.63. The Kier molecular flexibility index (Phi) is 7.14. The van der Waals surface area contributed by atoms with Crippen molar-refractivity contribution in [1.29, 1.82) is 0 Å². The topological polar surface area (TPSA) is 9.23 Å². The molecule has 0 aliphatic heterocycles. The van der Waals surface area contributed by atoms with E-state index in [1.807, 2.05) is 12.1 Å². The maximum Gasteiger partial charge on any atom is 0.406 e. The van der Waals surface area contributed by atoms with Crippen LogP contribution in [0.4, 0.5) is 22.0 Å². The van der Waals surface area contributed by atoms with Crippen LogP contribution in [0.25, 0.3) is 5.57 Å². The lowest BCUT2D eigenvalue weighted by molar-refractivity contribution is -0.266. The summed E-state index contributed by atoms with van der Waals surface area (Å²) in [5.41, 5.74) is -0.337. The van der Waals surface area contributed by atoms with E-state index in [1.165, 1.54) is 6.07 Å². The molecule has 0 radical (unpaired) electrons. The van der Waals surface area contributed by atoms with Gasteiger partial charge in [0, 0.05) is 6.42 Å². The van der Waals surface area contributed by atoms with Crippen molar-refractivity contribution in [2.75, 3.05) is 0 Å². The molecule has 2 aromatic rings. The minimum atomic E-state index is -4.06. The molecule has 1 saturated carbocycles. The second-order valence-electron chi connectivity index (χ2n) is 9.36. The van der Waals surface area contributed by atoms with Crippen LogP contribution in [-0.2, 0) is 6.42 Å². The van der Waals surface area contributed by atoms with Crippen LogP contribution in [0.1, 0.15) is 62.1 Å². The minimum absolute atomic E-state index is 0.0253. The Bertz CT molecular complexity index is 1120. The third-order valence-corrected chi connectivity index (χ3v) is 7.35. The standard InChI is InChI=1S/C27H26F5IO/c1-3-4-16-5-7-17(8-6-16)19-11-20(28)15-26(2,24(29)12-19)27(31,32)34-21-13-22(18-9-10-18)25(30)23(33)14-21/h5-8,11-14,18,24H,3-4,9-10,15H2,1-2H3. The molecular weight excluding hydrogens is 562 g/mol. The van der Waals surface area contributed by atoms with E-state index < -0.39 is 35.8 Å². The summed E-state index contributed by atoms with van der Waals surface area (Å²) in [5, 5.41) is 0. The molecule has 4 rings (SSSR count). The number of hydrogen-bond donors (Lipinski definition) is 0. The van der Waals surface area contributed by atoms with Crippen molar-refractivity contribution in [2.45, 2.75) is 64.1 Å². The Balaban J connectivity index is 1.63. The van der Waals surface area contributed by atoms with Gasteiger partial charge < -0.3 is 4.74 Å². The van der Waals surface area contributed by atoms with Gasteiger partial charge in [0.2, 0.25) is 0 Å². The van der Waals surface area contributed by atoms with Crippen LogP contribution < -0.4 is 4.74 Å². The van der Waals surface area contributed by atoms with E-state index in [0.717, 1.165) is 56.4 Å². The molecule has 1 nitrogen and oxygen atoms in total. The Labute approximate surface area is 210 Å². The van der Waals surface area contributed by atoms with Gasteiger partial charge in [-0.3, -0.25) is 0 Å². The van der Waals surface area contributed by atoms with Gasteiger partial charge in [-0.1, -0.05) is 37.6 Å². The fourth-order valence-corrected chi connectivity index (χ4v) is 4.87. The molecule has 182 valence electrons. The summed E-state index contributed by atoms with van der Waals surface area (Å²) in [7, 11) is 0. The second-order valence-corrected chi connectivity index (χ2v) is 10.5. The zero-order valence-electron chi connectivity index (χ0n) is 19.0. The van der Waals surface area contributed by atoms with Gasteiger partial charge in [0.05, 0.1) is 3.57 Å². The quantitative estimate of drug-likeness (QED) is 0.232. The fourth-order valence-electron chi connectivity index (χ4n) is 4.25. The molecule has 7 heteroatoms. The van der Waals surface area contributed by atoms with Gasteiger partial charge in [-0.15, -0.1) is 0 Å². The summed E-state index contributed by atoms with van der Waals surface area (Å²) in [6.45, 7) is 3.03. The van der Waals surface area contributed by atoms with Crippen molar-refractivity contribution in [2.24, 2.45) is 5.41 Å². The van der Waals surface area contributed by atoms with E-state index in [4.69, 9.17) is 4.74 Å². The first-order valence-electron chi connectivity index (χ1n) is 11.4. The SMILES string of the molecule is CCCc1ccc(C2=CC(F)C(C)(C(F)(F)Oc3cc(I)c(F)c(C4CC4)c3)CC(F)=C2)cc1. The maximum atomic E-state index is 15.5. The van der Waals surface area contributed by atoms with E-state index in [9.17, 15) is 8.78 Å². The number of alkyl halides is 3. The van der Waals surface area contributed by atoms with E-state index in [2.05, 4.69) is 6.92 Å². The monoisotopic (exact) mass is 588 g/mol. The molecule has 34 heavy (non-hydrogen) atoms. The maximum absolute atomic E-state index is 15.5. The number of benzene rings is 2. The zero-order chi connectivity index (χ0) is 24.7. The van der Waals surface area contributed by atoms with Crippen molar-refractivity contribution in [3.8, 4) is 5.75 Å². The number of halogens is 6. The molecule has 0 saturated heterocycles. The third kappa shape index (κ3) is 5.04. The van der Waals surface area contributed by atoms with Gasteiger partial charge in [-0.05, 0) is 101 Å². The Morgan fingerprint density at radius 2 is 1.79 bits per heavy atom. The van der Waals surface area contributed by atoms with Crippen LogP contribution in [0, 0.1) is 14.8 Å². The smallest absolute Gasteiger partial charge is 0.406 e. The van der Waals surface area contributed by atoms with Gasteiger partial charge in [-0.2, -0.15) is 8.78 Å². The average Bonchev–Trinajstić information content (AvgIpc) is 3.61. The largest absolute Gasteiger partial charge is 0.432 e. The summed E-state index contributed by atoms with van der Waals surface area (Å²) in [4.78, 5) is 0. The first-order chi connectivity index (χ1) is 16.0. The zero-order valence-corrected chi connectivity index (χ0v) is 21.1. The Morgan fingerprint density at radius 1 is 1.12 bits per heavy atom. The van der Waals surface area contributed by atoms with E-state index in [0.29, 0.717) is 11.1 Å². The van der Waals surface area contributed by atoms with Gasteiger partial charge >= 0.3 is 6.11 Å². The molecule has 2 aromatic carbocycles. The summed E-state index contributed by atoms with van der Waals surface area (Å²) in [6.07, 6.45) is -1.57. The van der Waals surface area contributed by atoms with Crippen LogP contribution in [-0.4, -0.2) is 12.3 Å². The molecule has 2 aliphatic rings. The van der Waals surface area contributed by atoms with E-state index in [-0.39, 0.29) is 20.8 Å². The minimum Gasteiger partial charge on any atom is -0.432 e.